The first-order valence-corrected chi connectivity index (χ1v) is 8.02. The van der Waals surface area contributed by atoms with Crippen LogP contribution in [0, 0.1) is 0 Å². The standard InChI is InChI=1S/C15H27N3O2/c1-11-9-17-7-3-2-4-13(17)10-18(11)12-5-6-15(16,8-12)14(19)20/h11-13H,2-10,16H2,1H3,(H,19,20). The molecule has 20 heavy (non-hydrogen) atoms. The van der Waals surface area contributed by atoms with Crippen molar-refractivity contribution >= 4 is 5.97 Å². The fraction of sp³-hybridized carbons (Fsp3) is 0.933. The lowest BCUT2D eigenvalue weighted by Gasteiger charge is -2.49. The Bertz CT molecular complexity index is 389. The molecular weight excluding hydrogens is 254 g/mol. The van der Waals surface area contributed by atoms with Gasteiger partial charge in [-0.15, -0.1) is 0 Å². The van der Waals surface area contributed by atoms with E-state index in [9.17, 15) is 9.90 Å². The fourth-order valence-corrected chi connectivity index (χ4v) is 4.41. The third-order valence-electron chi connectivity index (χ3n) is 5.65. The van der Waals surface area contributed by atoms with Gasteiger partial charge in [0.05, 0.1) is 0 Å². The monoisotopic (exact) mass is 281 g/mol. The number of piperazine rings is 1. The third kappa shape index (κ3) is 2.47. The first-order chi connectivity index (χ1) is 9.49. The van der Waals surface area contributed by atoms with Gasteiger partial charge in [-0.25, -0.2) is 0 Å². The van der Waals surface area contributed by atoms with E-state index in [-0.39, 0.29) is 0 Å². The summed E-state index contributed by atoms with van der Waals surface area (Å²) in [7, 11) is 0. The van der Waals surface area contributed by atoms with Gasteiger partial charge >= 0.3 is 5.97 Å². The molecule has 0 bridgehead atoms. The first kappa shape index (κ1) is 14.3. The smallest absolute Gasteiger partial charge is 0.323 e. The molecule has 0 aromatic rings. The highest BCUT2D eigenvalue weighted by Crippen LogP contribution is 2.35. The first-order valence-electron chi connectivity index (χ1n) is 8.02. The van der Waals surface area contributed by atoms with Crippen molar-refractivity contribution in [1.82, 2.24) is 9.80 Å². The lowest BCUT2D eigenvalue weighted by molar-refractivity contribution is -0.143. The largest absolute Gasteiger partial charge is 0.480 e. The second kappa shape index (κ2) is 5.28. The van der Waals surface area contributed by atoms with E-state index in [0.717, 1.165) is 19.5 Å². The van der Waals surface area contributed by atoms with Crippen molar-refractivity contribution in [3.05, 3.63) is 0 Å². The van der Waals surface area contributed by atoms with Crippen LogP contribution in [0.2, 0.25) is 0 Å². The van der Waals surface area contributed by atoms with Crippen LogP contribution in [0.3, 0.4) is 0 Å². The van der Waals surface area contributed by atoms with E-state index in [2.05, 4.69) is 16.7 Å². The Kier molecular flexibility index (Phi) is 3.77. The summed E-state index contributed by atoms with van der Waals surface area (Å²) >= 11 is 0. The number of hydrogen-bond acceptors (Lipinski definition) is 4. The van der Waals surface area contributed by atoms with Crippen molar-refractivity contribution in [1.29, 1.82) is 0 Å². The van der Waals surface area contributed by atoms with Gasteiger partial charge in [0.2, 0.25) is 0 Å². The van der Waals surface area contributed by atoms with Crippen LogP contribution >= 0.6 is 0 Å². The molecule has 5 nitrogen and oxygen atoms in total. The molecule has 3 fully saturated rings. The van der Waals surface area contributed by atoms with Crippen LogP contribution in [0.5, 0.6) is 0 Å². The summed E-state index contributed by atoms with van der Waals surface area (Å²) in [6, 6.07) is 1.55. The van der Waals surface area contributed by atoms with Gasteiger partial charge in [0.1, 0.15) is 5.54 Å². The van der Waals surface area contributed by atoms with Gasteiger partial charge in [0.25, 0.3) is 0 Å². The number of nitrogens with two attached hydrogens (primary N) is 1. The van der Waals surface area contributed by atoms with Crippen LogP contribution in [-0.2, 0) is 4.79 Å². The van der Waals surface area contributed by atoms with Crippen molar-refractivity contribution in [2.75, 3.05) is 19.6 Å². The van der Waals surface area contributed by atoms with Gasteiger partial charge in [-0.05, 0) is 45.6 Å². The quantitative estimate of drug-likeness (QED) is 0.786. The Morgan fingerprint density at radius 1 is 1.25 bits per heavy atom. The number of carboxylic acid groups (broad SMARTS) is 1. The second-order valence-corrected chi connectivity index (χ2v) is 7.05. The molecule has 0 amide bonds. The van der Waals surface area contributed by atoms with Gasteiger partial charge in [-0.1, -0.05) is 6.42 Å². The minimum atomic E-state index is -0.992. The Morgan fingerprint density at radius 2 is 2.05 bits per heavy atom. The molecule has 3 aliphatic rings. The molecule has 0 spiro atoms. The summed E-state index contributed by atoms with van der Waals surface area (Å²) in [6.45, 7) is 5.75. The summed E-state index contributed by atoms with van der Waals surface area (Å²) in [5, 5.41) is 9.29. The Hall–Kier alpha value is -0.650. The lowest BCUT2D eigenvalue weighted by atomic mass is 9.94. The number of fused-ring (bicyclic) bond motifs is 1. The zero-order valence-electron chi connectivity index (χ0n) is 12.4. The Balaban J connectivity index is 1.67. The van der Waals surface area contributed by atoms with Crippen LogP contribution in [-0.4, -0.2) is 64.2 Å². The zero-order chi connectivity index (χ0) is 14.3. The number of carboxylic acids is 1. The highest BCUT2D eigenvalue weighted by molar-refractivity contribution is 5.79. The molecule has 1 aliphatic carbocycles. The van der Waals surface area contributed by atoms with E-state index in [4.69, 9.17) is 5.73 Å². The number of aliphatic carboxylic acids is 1. The van der Waals surface area contributed by atoms with E-state index in [1.165, 1.54) is 25.8 Å². The molecule has 0 radical (unpaired) electrons. The average Bonchev–Trinajstić information content (AvgIpc) is 2.82. The molecule has 0 aromatic carbocycles. The SMILES string of the molecule is CC1CN2CCCCC2CN1C1CCC(N)(C(=O)O)C1. The number of nitrogens with zero attached hydrogens (tertiary/aromatic N) is 2. The van der Waals surface area contributed by atoms with Crippen LogP contribution in [0.25, 0.3) is 0 Å². The minimum absolute atomic E-state index is 0.357. The summed E-state index contributed by atoms with van der Waals surface area (Å²) in [5.74, 6) is -0.830. The highest BCUT2D eigenvalue weighted by Gasteiger charge is 2.46. The van der Waals surface area contributed by atoms with Gasteiger partial charge in [-0.2, -0.15) is 0 Å². The van der Waals surface area contributed by atoms with Crippen LogP contribution in [0.4, 0.5) is 0 Å². The van der Waals surface area contributed by atoms with Crippen LogP contribution in [0.15, 0.2) is 0 Å². The van der Waals surface area contributed by atoms with E-state index in [1.54, 1.807) is 0 Å². The highest BCUT2D eigenvalue weighted by atomic mass is 16.4. The predicted molar refractivity (Wildman–Crippen MR) is 77.6 cm³/mol. The second-order valence-electron chi connectivity index (χ2n) is 7.05. The number of carbonyl (C=O) groups is 1. The fourth-order valence-electron chi connectivity index (χ4n) is 4.41. The Morgan fingerprint density at radius 3 is 2.75 bits per heavy atom. The molecule has 5 heteroatoms. The molecule has 2 saturated heterocycles. The Labute approximate surface area is 121 Å². The average molecular weight is 281 g/mol. The van der Waals surface area contributed by atoms with Crippen molar-refractivity contribution in [2.45, 2.75) is 69.1 Å². The van der Waals surface area contributed by atoms with Gasteiger partial charge in [0, 0.05) is 31.2 Å². The van der Waals surface area contributed by atoms with Crippen LogP contribution < -0.4 is 5.73 Å². The summed E-state index contributed by atoms with van der Waals surface area (Å²) < 4.78 is 0. The lowest BCUT2D eigenvalue weighted by Crippen LogP contribution is -2.61. The maximum atomic E-state index is 11.3. The van der Waals surface area contributed by atoms with Gasteiger partial charge < -0.3 is 10.8 Å². The number of piperidine rings is 1. The predicted octanol–water partition coefficient (Wildman–Crippen LogP) is 0.880. The summed E-state index contributed by atoms with van der Waals surface area (Å²) in [6.07, 6.45) is 6.12. The normalized spacial score (nSPS) is 43.4. The number of hydrogen-bond donors (Lipinski definition) is 2. The van der Waals surface area contributed by atoms with Crippen molar-refractivity contribution in [2.24, 2.45) is 5.73 Å². The van der Waals surface area contributed by atoms with Gasteiger partial charge in [-0.3, -0.25) is 14.6 Å². The minimum Gasteiger partial charge on any atom is -0.480 e. The molecule has 4 atom stereocenters. The van der Waals surface area contributed by atoms with Crippen molar-refractivity contribution in [3.63, 3.8) is 0 Å². The molecule has 0 aromatic heterocycles. The van der Waals surface area contributed by atoms with Gasteiger partial charge in [0.15, 0.2) is 0 Å². The molecule has 3 rings (SSSR count). The number of rotatable bonds is 2. The molecular formula is C15H27N3O2. The molecule has 3 N–H and O–H groups in total. The molecule has 2 aliphatic heterocycles. The maximum absolute atomic E-state index is 11.3. The van der Waals surface area contributed by atoms with Crippen molar-refractivity contribution in [3.8, 4) is 0 Å². The summed E-state index contributed by atoms with van der Waals surface area (Å²) in [5.41, 5.74) is 5.05. The maximum Gasteiger partial charge on any atom is 0.323 e. The van der Waals surface area contributed by atoms with E-state index in [0.29, 0.717) is 31.0 Å². The van der Waals surface area contributed by atoms with E-state index in [1.807, 2.05) is 0 Å². The zero-order valence-corrected chi connectivity index (χ0v) is 12.4. The van der Waals surface area contributed by atoms with Crippen LogP contribution in [0.1, 0.15) is 45.4 Å². The van der Waals surface area contributed by atoms with E-state index >= 15 is 0 Å². The third-order valence-corrected chi connectivity index (χ3v) is 5.65. The summed E-state index contributed by atoms with van der Waals surface area (Å²) in [4.78, 5) is 16.5. The topological polar surface area (TPSA) is 69.8 Å². The molecule has 1 saturated carbocycles. The molecule has 2 heterocycles. The molecule has 4 unspecified atom stereocenters. The molecule has 114 valence electrons. The van der Waals surface area contributed by atoms with E-state index < -0.39 is 11.5 Å². The van der Waals surface area contributed by atoms with Crippen molar-refractivity contribution < 1.29 is 9.90 Å².